The maximum Gasteiger partial charge on any atom is 0.311 e. The van der Waals surface area contributed by atoms with Gasteiger partial charge in [-0.2, -0.15) is 9.78 Å². The highest BCUT2D eigenvalue weighted by Gasteiger charge is 2.17. The average Bonchev–Trinajstić information content (AvgIpc) is 3.00. The molecule has 1 heterocycles. The van der Waals surface area contributed by atoms with Gasteiger partial charge in [0.05, 0.1) is 22.0 Å². The molecule has 0 radical (unpaired) electrons. The largest absolute Gasteiger partial charge is 0.482 e. The lowest BCUT2D eigenvalue weighted by Crippen LogP contribution is -2.20. The number of nitrogens with zero attached hydrogens (tertiary/aromatic N) is 4. The Morgan fingerprint density at radius 1 is 0.850 bits per heavy atom. The Kier molecular flexibility index (Phi) is 6.56. The molecule has 8 nitrogen and oxygen atoms in total. The van der Waals surface area contributed by atoms with Crippen molar-refractivity contribution in [2.24, 2.45) is 5.10 Å². The maximum atomic E-state index is 13.4. The predicted octanol–water partition coefficient (Wildman–Crippen LogP) is 6.59. The van der Waals surface area contributed by atoms with Crippen molar-refractivity contribution in [2.75, 3.05) is 0 Å². The van der Waals surface area contributed by atoms with Crippen molar-refractivity contribution < 1.29 is 9.66 Å². The lowest BCUT2D eigenvalue weighted by Gasteiger charge is -2.10. The second kappa shape index (κ2) is 10.6. The molecular formula is C32H22N4O4. The van der Waals surface area contributed by atoms with Crippen LogP contribution in [0.5, 0.6) is 5.75 Å². The number of nitro groups is 1. The molecule has 0 saturated carbocycles. The van der Waals surface area contributed by atoms with E-state index in [1.807, 2.05) is 78.9 Å². The Balaban J connectivity index is 1.34. The molecule has 194 valence electrons. The van der Waals surface area contributed by atoms with E-state index in [0.717, 1.165) is 16.3 Å². The third kappa shape index (κ3) is 4.81. The first-order valence-electron chi connectivity index (χ1n) is 12.6. The third-order valence-electron chi connectivity index (χ3n) is 6.55. The lowest BCUT2D eigenvalue weighted by atomic mass is 10.1. The molecule has 1 aromatic heterocycles. The molecule has 8 heteroatoms. The van der Waals surface area contributed by atoms with Crippen LogP contribution in [0, 0.1) is 10.1 Å². The van der Waals surface area contributed by atoms with Gasteiger partial charge in [-0.15, -0.1) is 0 Å². The summed E-state index contributed by atoms with van der Waals surface area (Å²) >= 11 is 0. The van der Waals surface area contributed by atoms with E-state index in [1.165, 1.54) is 17.0 Å². The molecule has 0 atom stereocenters. The molecule has 0 fully saturated rings. The van der Waals surface area contributed by atoms with Crippen molar-refractivity contribution in [3.8, 4) is 17.1 Å². The number of fused-ring (bicyclic) bond motifs is 2. The normalized spacial score (nSPS) is 11.3. The van der Waals surface area contributed by atoms with Gasteiger partial charge in [-0.1, -0.05) is 84.9 Å². The third-order valence-corrected chi connectivity index (χ3v) is 6.55. The van der Waals surface area contributed by atoms with Gasteiger partial charge in [-0.05, 0) is 40.6 Å². The summed E-state index contributed by atoms with van der Waals surface area (Å²) in [5, 5.41) is 18.9. The van der Waals surface area contributed by atoms with Crippen molar-refractivity contribution in [1.82, 2.24) is 9.66 Å². The van der Waals surface area contributed by atoms with Crippen LogP contribution in [0.15, 0.2) is 125 Å². The standard InChI is InChI=1S/C32H22N4O4/c37-32-27-15-6-7-16-28(27)34-31(24-10-2-1-3-11-24)35(32)33-20-22-17-18-30(29(19-22)36(38)39)40-21-25-13-8-12-23-9-4-5-14-26(23)25/h1-20H,21H2. The topological polar surface area (TPSA) is 99.6 Å². The molecule has 6 rings (SSSR count). The molecule has 0 aliphatic carbocycles. The summed E-state index contributed by atoms with van der Waals surface area (Å²) in [5.74, 6) is 0.509. The van der Waals surface area contributed by atoms with E-state index in [2.05, 4.69) is 10.1 Å². The highest BCUT2D eigenvalue weighted by atomic mass is 16.6. The van der Waals surface area contributed by atoms with E-state index in [9.17, 15) is 14.9 Å². The molecular weight excluding hydrogens is 504 g/mol. The van der Waals surface area contributed by atoms with Gasteiger partial charge in [0.15, 0.2) is 11.6 Å². The van der Waals surface area contributed by atoms with Crippen molar-refractivity contribution in [2.45, 2.75) is 6.61 Å². The maximum absolute atomic E-state index is 13.4. The summed E-state index contributed by atoms with van der Waals surface area (Å²) in [7, 11) is 0. The average molecular weight is 527 g/mol. The summed E-state index contributed by atoms with van der Waals surface area (Å²) in [6, 6.07) is 34.7. The molecule has 0 unspecified atom stereocenters. The number of rotatable bonds is 7. The van der Waals surface area contributed by atoms with Gasteiger partial charge in [0.1, 0.15) is 6.61 Å². The Morgan fingerprint density at radius 2 is 1.57 bits per heavy atom. The molecule has 0 aliphatic heterocycles. The fraction of sp³-hybridized carbons (Fsp3) is 0.0312. The van der Waals surface area contributed by atoms with Crippen LogP contribution in [-0.2, 0) is 6.61 Å². The minimum Gasteiger partial charge on any atom is -0.482 e. The molecule has 0 amide bonds. The number of nitro benzene ring substituents is 1. The van der Waals surface area contributed by atoms with Gasteiger partial charge < -0.3 is 4.74 Å². The van der Waals surface area contributed by atoms with Gasteiger partial charge in [0.25, 0.3) is 5.56 Å². The number of hydrogen-bond donors (Lipinski definition) is 0. The fourth-order valence-corrected chi connectivity index (χ4v) is 4.58. The molecule has 6 aromatic rings. The van der Waals surface area contributed by atoms with Gasteiger partial charge in [0.2, 0.25) is 0 Å². The number of aromatic nitrogens is 2. The summed E-state index contributed by atoms with van der Waals surface area (Å²) in [5.41, 5.74) is 2.09. The van der Waals surface area contributed by atoms with Crippen LogP contribution >= 0.6 is 0 Å². The Hall–Kier alpha value is -5.63. The van der Waals surface area contributed by atoms with Crippen LogP contribution in [0.25, 0.3) is 33.1 Å². The highest BCUT2D eigenvalue weighted by molar-refractivity contribution is 5.86. The van der Waals surface area contributed by atoms with E-state index >= 15 is 0 Å². The molecule has 40 heavy (non-hydrogen) atoms. The first-order valence-corrected chi connectivity index (χ1v) is 12.6. The van der Waals surface area contributed by atoms with Crippen LogP contribution < -0.4 is 10.3 Å². The predicted molar refractivity (Wildman–Crippen MR) is 156 cm³/mol. The number of hydrogen-bond acceptors (Lipinski definition) is 6. The van der Waals surface area contributed by atoms with Crippen LogP contribution in [0.1, 0.15) is 11.1 Å². The monoisotopic (exact) mass is 526 g/mol. The number of para-hydroxylation sites is 1. The van der Waals surface area contributed by atoms with E-state index in [1.54, 1.807) is 30.3 Å². The van der Waals surface area contributed by atoms with Crippen molar-refractivity contribution in [3.63, 3.8) is 0 Å². The first-order chi connectivity index (χ1) is 19.6. The van der Waals surface area contributed by atoms with Crippen molar-refractivity contribution in [3.05, 3.63) is 147 Å². The van der Waals surface area contributed by atoms with E-state index < -0.39 is 4.92 Å². The Morgan fingerprint density at radius 3 is 2.40 bits per heavy atom. The summed E-state index contributed by atoms with van der Waals surface area (Å²) in [6.45, 7) is 0.175. The Labute approximate surface area is 228 Å². The minimum atomic E-state index is -0.491. The van der Waals surface area contributed by atoms with Gasteiger partial charge in [0, 0.05) is 17.2 Å². The van der Waals surface area contributed by atoms with E-state index in [4.69, 9.17) is 4.74 Å². The van der Waals surface area contributed by atoms with E-state index in [0.29, 0.717) is 27.9 Å². The van der Waals surface area contributed by atoms with Gasteiger partial charge in [-0.3, -0.25) is 14.9 Å². The zero-order chi connectivity index (χ0) is 27.5. The minimum absolute atomic E-state index is 0.143. The molecule has 0 aliphatic rings. The van der Waals surface area contributed by atoms with Crippen LogP contribution in [0.4, 0.5) is 5.69 Å². The van der Waals surface area contributed by atoms with Gasteiger partial charge in [-0.25, -0.2) is 4.98 Å². The highest BCUT2D eigenvalue weighted by Crippen LogP contribution is 2.29. The van der Waals surface area contributed by atoms with Crippen LogP contribution in [-0.4, -0.2) is 20.8 Å². The van der Waals surface area contributed by atoms with Gasteiger partial charge >= 0.3 is 5.69 Å². The first kappa shape index (κ1) is 24.7. The van der Waals surface area contributed by atoms with Crippen LogP contribution in [0.2, 0.25) is 0 Å². The molecule has 0 spiro atoms. The SMILES string of the molecule is O=c1c2ccccc2nc(-c2ccccc2)n1N=Cc1ccc(OCc2cccc3ccccc23)c([N+](=O)[O-])c1. The number of ether oxygens (including phenoxy) is 1. The van der Waals surface area contributed by atoms with Crippen LogP contribution in [0.3, 0.4) is 0 Å². The Bertz CT molecular complexity index is 1960. The second-order valence-corrected chi connectivity index (χ2v) is 9.09. The summed E-state index contributed by atoms with van der Waals surface area (Å²) < 4.78 is 7.12. The van der Waals surface area contributed by atoms with Crippen molar-refractivity contribution in [1.29, 1.82) is 0 Å². The number of benzene rings is 5. The molecule has 0 saturated heterocycles. The van der Waals surface area contributed by atoms with Crippen molar-refractivity contribution >= 4 is 33.6 Å². The zero-order valence-electron chi connectivity index (χ0n) is 21.2. The quantitative estimate of drug-likeness (QED) is 0.133. The zero-order valence-corrected chi connectivity index (χ0v) is 21.2. The molecule has 5 aromatic carbocycles. The summed E-state index contributed by atoms with van der Waals surface area (Å²) in [4.78, 5) is 29.5. The summed E-state index contributed by atoms with van der Waals surface area (Å²) in [6.07, 6.45) is 1.41. The van der Waals surface area contributed by atoms with E-state index in [-0.39, 0.29) is 23.6 Å². The molecule has 0 bridgehead atoms. The second-order valence-electron chi connectivity index (χ2n) is 9.09. The molecule has 0 N–H and O–H groups in total. The lowest BCUT2D eigenvalue weighted by molar-refractivity contribution is -0.385. The fourth-order valence-electron chi connectivity index (χ4n) is 4.58. The smallest absolute Gasteiger partial charge is 0.311 e.